The molecule has 0 aromatic carbocycles. The van der Waals surface area contributed by atoms with Crippen molar-refractivity contribution in [2.24, 2.45) is 0 Å². The van der Waals surface area contributed by atoms with Crippen LogP contribution in [0.2, 0.25) is 0 Å². The van der Waals surface area contributed by atoms with Crippen molar-refractivity contribution in [3.05, 3.63) is 12.7 Å². The zero-order valence-electron chi connectivity index (χ0n) is 14.6. The van der Waals surface area contributed by atoms with Gasteiger partial charge in [0.2, 0.25) is 0 Å². The summed E-state index contributed by atoms with van der Waals surface area (Å²) in [6.45, 7) is -1.09. The van der Waals surface area contributed by atoms with Crippen LogP contribution in [0.5, 0.6) is 0 Å². The van der Waals surface area contributed by atoms with Crippen molar-refractivity contribution in [3.8, 4) is 0 Å². The van der Waals surface area contributed by atoms with Crippen molar-refractivity contribution in [1.82, 2.24) is 24.6 Å². The molecular weight excluding hydrogens is 399 g/mol. The number of aromatic nitrogens is 4. The van der Waals surface area contributed by atoms with Crippen LogP contribution < -0.4 is 10.8 Å². The van der Waals surface area contributed by atoms with Crippen molar-refractivity contribution in [1.29, 1.82) is 0 Å². The zero-order valence-corrected chi connectivity index (χ0v) is 15.5. The van der Waals surface area contributed by atoms with Gasteiger partial charge in [-0.2, -0.15) is 0 Å². The van der Waals surface area contributed by atoms with Gasteiger partial charge in [0.1, 0.15) is 36.7 Å². The number of anilines is 1. The lowest BCUT2D eigenvalue weighted by atomic mass is 10.1. The number of hydrogen-bond donors (Lipinski definition) is 5. The van der Waals surface area contributed by atoms with E-state index in [4.69, 9.17) is 15.0 Å². The molecule has 1 saturated heterocycles. The minimum absolute atomic E-state index is 0.134. The average molecular weight is 418 g/mol. The van der Waals surface area contributed by atoms with Crippen LogP contribution in [0, 0.1) is 0 Å². The van der Waals surface area contributed by atoms with E-state index in [2.05, 4.69) is 19.7 Å². The summed E-state index contributed by atoms with van der Waals surface area (Å²) < 4.78 is 28.0. The second kappa shape index (κ2) is 8.05. The van der Waals surface area contributed by atoms with Crippen LogP contribution in [0.4, 0.5) is 5.82 Å². The molecule has 0 bridgehead atoms. The smallest absolute Gasteiger partial charge is 0.403 e. The maximum absolute atomic E-state index is 11.9. The monoisotopic (exact) mass is 418 g/mol. The Bertz CT molecular complexity index is 908. The highest BCUT2D eigenvalue weighted by atomic mass is 31.2. The third-order valence-corrected chi connectivity index (χ3v) is 5.12. The molecule has 3 heterocycles. The van der Waals surface area contributed by atoms with Gasteiger partial charge in [0.25, 0.3) is 0 Å². The Morgan fingerprint density at radius 3 is 2.86 bits per heavy atom. The summed E-state index contributed by atoms with van der Waals surface area (Å²) in [5.74, 6) is -0.631. The van der Waals surface area contributed by atoms with Crippen LogP contribution in [0.1, 0.15) is 6.23 Å². The van der Waals surface area contributed by atoms with Gasteiger partial charge in [0.15, 0.2) is 17.7 Å². The highest BCUT2D eigenvalue weighted by molar-refractivity contribution is 7.50. The Morgan fingerprint density at radius 1 is 1.39 bits per heavy atom. The zero-order chi connectivity index (χ0) is 20.5. The molecule has 1 fully saturated rings. The Labute approximate surface area is 157 Å². The van der Waals surface area contributed by atoms with Crippen molar-refractivity contribution in [3.63, 3.8) is 0 Å². The summed E-state index contributed by atoms with van der Waals surface area (Å²) in [4.78, 5) is 32.6. The molecule has 3 rings (SSSR count). The highest BCUT2D eigenvalue weighted by Gasteiger charge is 2.45. The largest absolute Gasteiger partial charge is 0.468 e. The summed E-state index contributed by atoms with van der Waals surface area (Å²) in [6, 6.07) is 0. The number of methoxy groups -OCH3 is 1. The second-order valence-corrected chi connectivity index (χ2v) is 7.47. The number of nitrogen functional groups attached to an aromatic ring is 1. The first-order valence-electron chi connectivity index (χ1n) is 7.97. The van der Waals surface area contributed by atoms with Crippen molar-refractivity contribution >= 4 is 30.7 Å². The van der Waals surface area contributed by atoms with E-state index in [0.29, 0.717) is 5.52 Å². The summed E-state index contributed by atoms with van der Waals surface area (Å²) in [5.41, 5.74) is 6.28. The normalized spacial score (nSPS) is 27.0. The fraction of sp³-hybridized carbons (Fsp3) is 0.538. The fourth-order valence-corrected chi connectivity index (χ4v) is 3.38. The molecule has 1 aliphatic heterocycles. The predicted molar refractivity (Wildman–Crippen MR) is 91.5 cm³/mol. The van der Waals surface area contributed by atoms with Crippen LogP contribution in [0.15, 0.2) is 12.7 Å². The first kappa shape index (κ1) is 20.5. The van der Waals surface area contributed by atoms with Crippen LogP contribution >= 0.6 is 7.75 Å². The number of nitrogens with one attached hydrogen (secondary N) is 1. The first-order chi connectivity index (χ1) is 13.2. The third kappa shape index (κ3) is 4.12. The number of nitrogens with two attached hydrogens (primary N) is 1. The number of fused-ring (bicyclic) bond motifs is 1. The lowest BCUT2D eigenvalue weighted by Gasteiger charge is -2.18. The van der Waals surface area contributed by atoms with Gasteiger partial charge in [-0.1, -0.05) is 0 Å². The maximum atomic E-state index is 11.9. The van der Waals surface area contributed by atoms with Crippen LogP contribution in [-0.4, -0.2) is 79.2 Å². The molecule has 5 atom stereocenters. The number of imidazole rings is 1. The molecule has 15 heteroatoms. The van der Waals surface area contributed by atoms with Gasteiger partial charge in [0.05, 0.1) is 20.0 Å². The fourth-order valence-electron chi connectivity index (χ4n) is 2.61. The molecule has 14 nitrogen and oxygen atoms in total. The molecular formula is C13H19N6O8P. The Balaban J connectivity index is 1.68. The van der Waals surface area contributed by atoms with E-state index >= 15 is 0 Å². The summed E-state index contributed by atoms with van der Waals surface area (Å²) in [6.07, 6.45) is -2.54. The Hall–Kier alpha value is -2.19. The Kier molecular flexibility index (Phi) is 5.90. The summed E-state index contributed by atoms with van der Waals surface area (Å²) >= 11 is 0. The lowest BCUT2D eigenvalue weighted by molar-refractivity contribution is -0.139. The number of nitrogens with zero attached hydrogens (tertiary/aromatic N) is 4. The molecule has 154 valence electrons. The van der Waals surface area contributed by atoms with E-state index in [9.17, 15) is 24.5 Å². The molecule has 1 aliphatic rings. The lowest BCUT2D eigenvalue weighted by Crippen LogP contribution is -2.34. The molecule has 0 aliphatic carbocycles. The predicted octanol–water partition coefficient (Wildman–Crippen LogP) is -2.09. The maximum Gasteiger partial charge on any atom is 0.403 e. The molecule has 6 N–H and O–H groups in total. The van der Waals surface area contributed by atoms with Gasteiger partial charge < -0.3 is 30.3 Å². The van der Waals surface area contributed by atoms with E-state index in [1.54, 1.807) is 0 Å². The van der Waals surface area contributed by atoms with Crippen LogP contribution in [-0.2, 0) is 23.4 Å². The molecule has 0 saturated carbocycles. The molecule has 1 unspecified atom stereocenters. The van der Waals surface area contributed by atoms with Crippen molar-refractivity contribution in [2.75, 3.05) is 26.0 Å². The van der Waals surface area contributed by atoms with Crippen molar-refractivity contribution in [2.45, 2.75) is 24.5 Å². The molecule has 0 spiro atoms. The van der Waals surface area contributed by atoms with Crippen molar-refractivity contribution < 1.29 is 38.5 Å². The van der Waals surface area contributed by atoms with E-state index in [1.807, 2.05) is 5.09 Å². The third-order valence-electron chi connectivity index (χ3n) is 4.06. The molecule has 2 aromatic heterocycles. The van der Waals surface area contributed by atoms with Gasteiger partial charge >= 0.3 is 13.7 Å². The van der Waals surface area contributed by atoms with E-state index < -0.39 is 51.4 Å². The number of ether oxygens (including phenoxy) is 2. The first-order valence-corrected chi connectivity index (χ1v) is 9.55. The SMILES string of the molecule is COC(=O)CNP(=O)(O)OC[C@H]1O[C@@H](n2cnc3c(N)ncnc32)[C@H](O)[C@@H]1O. The highest BCUT2D eigenvalue weighted by Crippen LogP contribution is 2.39. The summed E-state index contributed by atoms with van der Waals surface area (Å²) in [5, 5.41) is 22.5. The molecule has 0 radical (unpaired) electrons. The van der Waals surface area contributed by atoms with Gasteiger partial charge in [-0.15, -0.1) is 0 Å². The number of esters is 1. The molecule has 2 aromatic rings. The molecule has 0 amide bonds. The van der Waals surface area contributed by atoms with Crippen LogP contribution in [0.3, 0.4) is 0 Å². The average Bonchev–Trinajstić information content (AvgIpc) is 3.21. The Morgan fingerprint density at radius 2 is 2.14 bits per heavy atom. The number of aliphatic hydroxyl groups is 2. The topological polar surface area (TPSA) is 204 Å². The minimum Gasteiger partial charge on any atom is -0.468 e. The van der Waals surface area contributed by atoms with Gasteiger partial charge in [-0.05, 0) is 0 Å². The quantitative estimate of drug-likeness (QED) is 0.242. The van der Waals surface area contributed by atoms with Crippen LogP contribution in [0.25, 0.3) is 11.2 Å². The standard InChI is InChI=1S/C13H19N6O8P/c1-25-7(20)2-18-28(23,24)26-3-6-9(21)10(22)13(27-6)19-5-17-8-11(14)15-4-16-12(8)19/h4-6,9-10,13,21-22H,2-3H2,1H3,(H2,14,15,16)(H2,18,23,24)/t6-,9-,10-,13-/m1/s1. The summed E-state index contributed by atoms with van der Waals surface area (Å²) in [7, 11) is -3.24. The number of rotatable bonds is 7. The minimum atomic E-state index is -4.36. The second-order valence-electron chi connectivity index (χ2n) is 5.86. The number of aliphatic hydroxyl groups excluding tert-OH is 2. The van der Waals surface area contributed by atoms with Gasteiger partial charge in [-0.25, -0.2) is 24.6 Å². The van der Waals surface area contributed by atoms with Gasteiger partial charge in [-0.3, -0.25) is 13.9 Å². The van der Waals surface area contributed by atoms with E-state index in [1.165, 1.54) is 17.2 Å². The number of carbonyl (C=O) groups excluding carboxylic acids is 1. The van der Waals surface area contributed by atoms with E-state index in [0.717, 1.165) is 7.11 Å². The van der Waals surface area contributed by atoms with E-state index in [-0.39, 0.29) is 11.5 Å². The van der Waals surface area contributed by atoms with Gasteiger partial charge in [0, 0.05) is 0 Å². The number of carbonyl (C=O) groups is 1. The molecule has 28 heavy (non-hydrogen) atoms. The number of hydrogen-bond acceptors (Lipinski definition) is 11.